The lowest BCUT2D eigenvalue weighted by molar-refractivity contribution is -0.271. The molecule has 0 radical (unpaired) electrons. The molecule has 0 aliphatic carbocycles. The molecule has 24 heavy (non-hydrogen) atoms. The number of rotatable bonds is 6. The molecular weight excluding hydrogens is 304 g/mol. The average Bonchev–Trinajstić information content (AvgIpc) is 2.75. The monoisotopic (exact) mass is 328 g/mol. The van der Waals surface area contributed by atoms with E-state index in [4.69, 9.17) is 14.9 Å². The second-order valence-corrected chi connectivity index (χ2v) is 6.82. The van der Waals surface area contributed by atoms with Crippen LogP contribution in [0.4, 0.5) is 0 Å². The molecule has 2 aliphatic heterocycles. The van der Waals surface area contributed by atoms with E-state index in [2.05, 4.69) is 25.1 Å². The lowest BCUT2D eigenvalue weighted by atomic mass is 9.53. The van der Waals surface area contributed by atoms with Gasteiger partial charge in [0.15, 0.2) is 10.8 Å². The highest BCUT2D eigenvalue weighted by atomic mass is 16.7. The molecule has 4 atom stereocenters. The summed E-state index contributed by atoms with van der Waals surface area (Å²) in [6, 6.07) is 6.25. The van der Waals surface area contributed by atoms with E-state index in [0.717, 1.165) is 25.7 Å². The van der Waals surface area contributed by atoms with Crippen molar-refractivity contribution in [3.05, 3.63) is 0 Å². The fraction of sp³-hybridized carbons (Fsp3) is 0.778. The summed E-state index contributed by atoms with van der Waals surface area (Å²) in [5.41, 5.74) is -3.30. The number of nitriles is 3. The summed E-state index contributed by atoms with van der Waals surface area (Å²) >= 11 is 0. The van der Waals surface area contributed by atoms with E-state index >= 15 is 0 Å². The van der Waals surface area contributed by atoms with E-state index in [-0.39, 0.29) is 5.90 Å². The number of nitrogens with one attached hydrogen (secondary N) is 1. The third-order valence-electron chi connectivity index (χ3n) is 5.56. The van der Waals surface area contributed by atoms with E-state index in [0.29, 0.717) is 12.8 Å². The third kappa shape index (κ3) is 2.12. The molecule has 0 spiro atoms. The van der Waals surface area contributed by atoms with Crippen LogP contribution in [0.3, 0.4) is 0 Å². The molecule has 2 bridgehead atoms. The molecular formula is C18H24N4O2. The van der Waals surface area contributed by atoms with Gasteiger partial charge in [0.25, 0.3) is 0 Å². The van der Waals surface area contributed by atoms with Crippen molar-refractivity contribution in [1.82, 2.24) is 0 Å². The number of hydrogen-bond donors (Lipinski definition) is 1. The van der Waals surface area contributed by atoms with Crippen LogP contribution in [0, 0.1) is 56.2 Å². The number of unbranched alkanes of at least 4 members (excludes halogenated alkanes) is 3. The van der Waals surface area contributed by atoms with E-state index in [1.165, 1.54) is 0 Å². The van der Waals surface area contributed by atoms with Crippen molar-refractivity contribution in [3.63, 3.8) is 0 Å². The second-order valence-electron chi connectivity index (χ2n) is 6.82. The minimum atomic E-state index is -1.72. The highest BCUT2D eigenvalue weighted by Gasteiger charge is 2.78. The molecule has 2 fully saturated rings. The summed E-state index contributed by atoms with van der Waals surface area (Å²) in [6.07, 6.45) is 4.20. The Morgan fingerprint density at radius 1 is 1.08 bits per heavy atom. The molecule has 0 amide bonds. The molecule has 0 aromatic heterocycles. The van der Waals surface area contributed by atoms with Gasteiger partial charge in [-0.3, -0.25) is 5.41 Å². The van der Waals surface area contributed by atoms with Crippen LogP contribution < -0.4 is 0 Å². The zero-order chi connectivity index (χ0) is 18.0. The van der Waals surface area contributed by atoms with Crippen LogP contribution >= 0.6 is 0 Å². The highest BCUT2D eigenvalue weighted by Crippen LogP contribution is 2.63. The van der Waals surface area contributed by atoms with Gasteiger partial charge >= 0.3 is 0 Å². The SMILES string of the molecule is CCCCCCC1OC2(C)OC(=N)C(C#N)(C2CC)C1(C#N)C#N. The fourth-order valence-corrected chi connectivity index (χ4v) is 4.36. The lowest BCUT2D eigenvalue weighted by Gasteiger charge is -2.48. The summed E-state index contributed by atoms with van der Waals surface area (Å²) in [5.74, 6) is -1.96. The summed E-state index contributed by atoms with van der Waals surface area (Å²) in [7, 11) is 0. The van der Waals surface area contributed by atoms with Gasteiger partial charge in [-0.25, -0.2) is 0 Å². The van der Waals surface area contributed by atoms with Crippen molar-refractivity contribution in [1.29, 1.82) is 21.2 Å². The van der Waals surface area contributed by atoms with Crippen molar-refractivity contribution in [2.45, 2.75) is 71.2 Å². The molecule has 4 unspecified atom stereocenters. The minimum absolute atomic E-state index is 0.307. The maximum Gasteiger partial charge on any atom is 0.214 e. The van der Waals surface area contributed by atoms with Gasteiger partial charge in [-0.1, -0.05) is 39.5 Å². The van der Waals surface area contributed by atoms with Crippen LogP contribution in [-0.2, 0) is 9.47 Å². The van der Waals surface area contributed by atoms with Crippen LogP contribution in [0.2, 0.25) is 0 Å². The number of fused-ring (bicyclic) bond motifs is 2. The standard InChI is InChI=1S/C18H24N4O2/c1-4-6-7-8-9-14-17(10-19,11-20)18(12-21)13(5-2)16(3,23-14)24-15(18)22/h13-14,22H,4-9H2,1-3H3. The molecule has 2 aliphatic rings. The summed E-state index contributed by atoms with van der Waals surface area (Å²) < 4.78 is 11.7. The van der Waals surface area contributed by atoms with Crippen molar-refractivity contribution in [2.24, 2.45) is 16.7 Å². The van der Waals surface area contributed by atoms with Crippen LogP contribution in [-0.4, -0.2) is 17.8 Å². The Labute approximate surface area is 143 Å². The first-order chi connectivity index (χ1) is 11.4. The van der Waals surface area contributed by atoms with Crippen LogP contribution in [0.15, 0.2) is 0 Å². The van der Waals surface area contributed by atoms with E-state index < -0.39 is 28.6 Å². The van der Waals surface area contributed by atoms with Gasteiger partial charge in [-0.15, -0.1) is 0 Å². The molecule has 2 heterocycles. The van der Waals surface area contributed by atoms with Gasteiger partial charge < -0.3 is 9.47 Å². The fourth-order valence-electron chi connectivity index (χ4n) is 4.36. The predicted octanol–water partition coefficient (Wildman–Crippen LogP) is 3.65. The minimum Gasteiger partial charge on any atom is -0.448 e. The Hall–Kier alpha value is -2.10. The molecule has 6 heteroatoms. The van der Waals surface area contributed by atoms with E-state index in [9.17, 15) is 15.8 Å². The molecule has 0 saturated carbocycles. The number of nitrogens with zero attached hydrogens (tertiary/aromatic N) is 3. The van der Waals surface area contributed by atoms with Crippen molar-refractivity contribution >= 4 is 5.90 Å². The van der Waals surface area contributed by atoms with Crippen LogP contribution in [0.1, 0.15) is 59.3 Å². The molecule has 0 aromatic rings. The van der Waals surface area contributed by atoms with Gasteiger partial charge in [0.1, 0.15) is 0 Å². The highest BCUT2D eigenvalue weighted by molar-refractivity contribution is 5.89. The van der Waals surface area contributed by atoms with Gasteiger partial charge in [0.05, 0.1) is 30.2 Å². The third-order valence-corrected chi connectivity index (χ3v) is 5.56. The summed E-state index contributed by atoms with van der Waals surface area (Å²) in [5, 5.41) is 38.0. The van der Waals surface area contributed by atoms with Crippen molar-refractivity contribution in [3.8, 4) is 18.2 Å². The predicted molar refractivity (Wildman–Crippen MR) is 86.3 cm³/mol. The molecule has 6 nitrogen and oxygen atoms in total. The first kappa shape index (κ1) is 18.2. The summed E-state index contributed by atoms with van der Waals surface area (Å²) in [6.45, 7) is 5.69. The Balaban J connectivity index is 2.50. The lowest BCUT2D eigenvalue weighted by Crippen LogP contribution is -2.61. The number of hydrogen-bond acceptors (Lipinski definition) is 6. The van der Waals surface area contributed by atoms with Gasteiger partial charge in [-0.2, -0.15) is 15.8 Å². The molecule has 1 N–H and O–H groups in total. The first-order valence-electron chi connectivity index (χ1n) is 8.62. The molecule has 128 valence electrons. The molecule has 2 rings (SSSR count). The van der Waals surface area contributed by atoms with Gasteiger partial charge in [0.2, 0.25) is 11.7 Å². The molecule has 2 saturated heterocycles. The molecule has 0 aromatic carbocycles. The van der Waals surface area contributed by atoms with Crippen molar-refractivity contribution in [2.75, 3.05) is 0 Å². The average molecular weight is 328 g/mol. The Bertz CT molecular complexity index is 627. The largest absolute Gasteiger partial charge is 0.448 e. The zero-order valence-corrected chi connectivity index (χ0v) is 14.6. The van der Waals surface area contributed by atoms with Crippen LogP contribution in [0.5, 0.6) is 0 Å². The quantitative estimate of drug-likeness (QED) is 0.747. The summed E-state index contributed by atoms with van der Waals surface area (Å²) in [4.78, 5) is 0. The normalized spacial score (nSPS) is 36.2. The van der Waals surface area contributed by atoms with Gasteiger partial charge in [-0.05, 0) is 12.8 Å². The Kier molecular flexibility index (Phi) is 4.88. The second kappa shape index (κ2) is 6.42. The maximum atomic E-state index is 9.95. The Morgan fingerprint density at radius 2 is 1.75 bits per heavy atom. The van der Waals surface area contributed by atoms with E-state index in [1.54, 1.807) is 6.92 Å². The smallest absolute Gasteiger partial charge is 0.214 e. The topological polar surface area (TPSA) is 114 Å². The Morgan fingerprint density at radius 3 is 2.25 bits per heavy atom. The van der Waals surface area contributed by atoms with Gasteiger partial charge in [0, 0.05) is 6.92 Å². The number of ether oxygens (including phenoxy) is 2. The maximum absolute atomic E-state index is 9.95. The first-order valence-corrected chi connectivity index (χ1v) is 8.62. The zero-order valence-electron chi connectivity index (χ0n) is 14.6. The van der Waals surface area contributed by atoms with E-state index in [1.807, 2.05) is 6.92 Å². The van der Waals surface area contributed by atoms with Crippen molar-refractivity contribution < 1.29 is 9.47 Å². The van der Waals surface area contributed by atoms with Crippen LogP contribution in [0.25, 0.3) is 0 Å².